The van der Waals surface area contributed by atoms with Crippen LogP contribution in [0.5, 0.6) is 5.75 Å². The van der Waals surface area contributed by atoms with Crippen LogP contribution in [0.3, 0.4) is 0 Å². The normalized spacial score (nSPS) is 10.5. The van der Waals surface area contributed by atoms with Crippen molar-refractivity contribution in [2.75, 3.05) is 6.61 Å². The molecule has 2 aromatic carbocycles. The lowest BCUT2D eigenvalue weighted by atomic mass is 10.2. The molecule has 0 unspecified atom stereocenters. The van der Waals surface area contributed by atoms with Gasteiger partial charge in [-0.05, 0) is 41.6 Å². The number of amides is 2. The zero-order valence-corrected chi connectivity index (χ0v) is 18.3. The van der Waals surface area contributed by atoms with Crippen molar-refractivity contribution in [2.24, 2.45) is 0 Å². The number of hydrogen-bond acceptors (Lipinski definition) is 5. The Bertz CT molecular complexity index is 1200. The van der Waals surface area contributed by atoms with Gasteiger partial charge in [0.05, 0.1) is 17.0 Å². The lowest BCUT2D eigenvalue weighted by Gasteiger charge is -2.09. The van der Waals surface area contributed by atoms with Crippen molar-refractivity contribution < 1.29 is 14.3 Å². The van der Waals surface area contributed by atoms with E-state index in [0.717, 1.165) is 16.0 Å². The maximum Gasteiger partial charge on any atom is 0.276 e. The molecule has 32 heavy (non-hydrogen) atoms. The van der Waals surface area contributed by atoms with Gasteiger partial charge < -0.3 is 4.74 Å². The summed E-state index contributed by atoms with van der Waals surface area (Å²) in [4.78, 5) is 25.8. The number of rotatable bonds is 7. The highest BCUT2D eigenvalue weighted by atomic mass is 32.1. The summed E-state index contributed by atoms with van der Waals surface area (Å²) in [7, 11) is 0. The minimum absolute atomic E-state index is 0.214. The molecule has 7 nitrogen and oxygen atoms in total. The van der Waals surface area contributed by atoms with E-state index in [0.29, 0.717) is 23.6 Å². The van der Waals surface area contributed by atoms with Crippen molar-refractivity contribution in [3.63, 3.8) is 0 Å². The van der Waals surface area contributed by atoms with Crippen LogP contribution in [0.15, 0.2) is 78.3 Å². The molecule has 0 aliphatic carbocycles. The quantitative estimate of drug-likeness (QED) is 0.423. The van der Waals surface area contributed by atoms with Gasteiger partial charge in [0, 0.05) is 6.20 Å². The average molecular weight is 447 g/mol. The molecule has 4 rings (SSSR count). The van der Waals surface area contributed by atoms with E-state index in [2.05, 4.69) is 16.0 Å². The van der Waals surface area contributed by atoms with Crippen LogP contribution in [0.25, 0.3) is 10.6 Å². The van der Waals surface area contributed by atoms with Crippen LogP contribution >= 0.6 is 11.3 Å². The Morgan fingerprint density at radius 2 is 1.88 bits per heavy atom. The van der Waals surface area contributed by atoms with Crippen molar-refractivity contribution in [1.29, 1.82) is 0 Å². The molecule has 162 valence electrons. The van der Waals surface area contributed by atoms with E-state index in [-0.39, 0.29) is 6.61 Å². The molecule has 0 saturated carbocycles. The second-order valence-corrected chi connectivity index (χ2v) is 8.11. The molecule has 0 aliphatic rings. The Morgan fingerprint density at radius 3 is 2.62 bits per heavy atom. The molecule has 2 aromatic heterocycles. The molecule has 4 aromatic rings. The van der Waals surface area contributed by atoms with Gasteiger partial charge in [0.2, 0.25) is 0 Å². The third-order valence-corrected chi connectivity index (χ3v) is 5.50. The van der Waals surface area contributed by atoms with Crippen molar-refractivity contribution >= 4 is 23.2 Å². The summed E-state index contributed by atoms with van der Waals surface area (Å²) in [5.41, 5.74) is 7.91. The molecule has 0 aliphatic heterocycles. The summed E-state index contributed by atoms with van der Waals surface area (Å²) in [5, 5.41) is 6.54. The number of aromatic nitrogens is 2. The van der Waals surface area contributed by atoms with Gasteiger partial charge in [-0.1, -0.05) is 48.5 Å². The summed E-state index contributed by atoms with van der Waals surface area (Å²) in [6.07, 6.45) is 1.69. The minimum atomic E-state index is -0.464. The summed E-state index contributed by atoms with van der Waals surface area (Å²) < 4.78 is 7.19. The molecule has 0 saturated heterocycles. The SMILES string of the molecule is Cc1cccc(OCC(=O)NNC(=O)c2cn(Cc3ccccc3)nc2-c2cccs2)c1. The number of nitrogens with zero attached hydrogens (tertiary/aromatic N) is 2. The molecule has 0 bridgehead atoms. The third kappa shape index (κ3) is 5.41. The lowest BCUT2D eigenvalue weighted by molar-refractivity contribution is -0.123. The van der Waals surface area contributed by atoms with Gasteiger partial charge in [-0.3, -0.25) is 25.1 Å². The van der Waals surface area contributed by atoms with E-state index in [1.165, 1.54) is 11.3 Å². The monoisotopic (exact) mass is 446 g/mol. The Balaban J connectivity index is 1.42. The molecule has 0 spiro atoms. The summed E-state index contributed by atoms with van der Waals surface area (Å²) in [6.45, 7) is 2.26. The zero-order valence-electron chi connectivity index (χ0n) is 17.4. The van der Waals surface area contributed by atoms with E-state index < -0.39 is 11.8 Å². The first-order valence-electron chi connectivity index (χ1n) is 10.0. The third-order valence-electron chi connectivity index (χ3n) is 4.62. The Morgan fingerprint density at radius 1 is 1.03 bits per heavy atom. The smallest absolute Gasteiger partial charge is 0.276 e. The number of ether oxygens (including phenoxy) is 1. The van der Waals surface area contributed by atoms with Crippen LogP contribution in [0.2, 0.25) is 0 Å². The van der Waals surface area contributed by atoms with Crippen molar-refractivity contribution in [3.8, 4) is 16.3 Å². The second kappa shape index (κ2) is 9.93. The number of nitrogens with one attached hydrogen (secondary N) is 2. The summed E-state index contributed by atoms with van der Waals surface area (Å²) in [6, 6.07) is 21.1. The van der Waals surface area contributed by atoms with E-state index >= 15 is 0 Å². The first kappa shape index (κ1) is 21.3. The second-order valence-electron chi connectivity index (χ2n) is 7.16. The largest absolute Gasteiger partial charge is 0.484 e. The van der Waals surface area contributed by atoms with Gasteiger partial charge in [-0.15, -0.1) is 11.3 Å². The molecule has 0 fully saturated rings. The fourth-order valence-corrected chi connectivity index (χ4v) is 3.84. The number of carbonyl (C=O) groups excluding carboxylic acids is 2. The first-order valence-corrected chi connectivity index (χ1v) is 10.9. The Hall–Kier alpha value is -3.91. The average Bonchev–Trinajstić information content (AvgIpc) is 3.47. The predicted molar refractivity (Wildman–Crippen MR) is 123 cm³/mol. The maximum absolute atomic E-state index is 12.8. The highest BCUT2D eigenvalue weighted by molar-refractivity contribution is 7.13. The van der Waals surface area contributed by atoms with Crippen LogP contribution in [0.1, 0.15) is 21.5 Å². The van der Waals surface area contributed by atoms with Crippen molar-refractivity contribution in [3.05, 3.63) is 95.0 Å². The van der Waals surface area contributed by atoms with E-state index in [1.54, 1.807) is 16.9 Å². The number of thiophene rings is 1. The number of aryl methyl sites for hydroxylation is 1. The molecule has 2 amide bonds. The van der Waals surface area contributed by atoms with E-state index in [1.807, 2.05) is 73.0 Å². The zero-order chi connectivity index (χ0) is 22.3. The summed E-state index contributed by atoms with van der Waals surface area (Å²) >= 11 is 1.50. The van der Waals surface area contributed by atoms with Crippen LogP contribution in [-0.2, 0) is 11.3 Å². The Labute approximate surface area is 189 Å². The van der Waals surface area contributed by atoms with Gasteiger partial charge in [0.15, 0.2) is 6.61 Å². The Kier molecular flexibility index (Phi) is 6.62. The number of benzene rings is 2. The summed E-state index contributed by atoms with van der Waals surface area (Å²) in [5.74, 6) is -0.320. The van der Waals surface area contributed by atoms with E-state index in [4.69, 9.17) is 4.74 Å². The molecule has 8 heteroatoms. The number of hydrogen-bond donors (Lipinski definition) is 2. The highest BCUT2D eigenvalue weighted by Gasteiger charge is 2.19. The van der Waals surface area contributed by atoms with Gasteiger partial charge in [-0.2, -0.15) is 5.10 Å². The van der Waals surface area contributed by atoms with Gasteiger partial charge in [0.25, 0.3) is 11.8 Å². The first-order chi connectivity index (χ1) is 15.6. The van der Waals surface area contributed by atoms with Crippen molar-refractivity contribution in [1.82, 2.24) is 20.6 Å². The lowest BCUT2D eigenvalue weighted by Crippen LogP contribution is -2.43. The van der Waals surface area contributed by atoms with Crippen LogP contribution in [0.4, 0.5) is 0 Å². The molecule has 0 radical (unpaired) electrons. The fourth-order valence-electron chi connectivity index (χ4n) is 3.12. The predicted octanol–water partition coefficient (Wildman–Crippen LogP) is 3.81. The standard InChI is InChI=1S/C24H22N4O3S/c1-17-7-5-10-19(13-17)31-16-22(29)25-26-24(30)20-15-28(14-18-8-3-2-4-9-18)27-23(20)21-11-6-12-32-21/h2-13,15H,14,16H2,1H3,(H,25,29)(H,26,30). The van der Waals surface area contributed by atoms with Crippen molar-refractivity contribution in [2.45, 2.75) is 13.5 Å². The topological polar surface area (TPSA) is 85.3 Å². The number of carbonyl (C=O) groups is 2. The minimum Gasteiger partial charge on any atom is -0.484 e. The van der Waals surface area contributed by atoms with Crippen LogP contribution < -0.4 is 15.6 Å². The van der Waals surface area contributed by atoms with Gasteiger partial charge in [0.1, 0.15) is 11.4 Å². The number of hydrazine groups is 1. The van der Waals surface area contributed by atoms with Gasteiger partial charge in [-0.25, -0.2) is 0 Å². The molecule has 2 heterocycles. The molecule has 0 atom stereocenters. The molecular formula is C24H22N4O3S. The molecular weight excluding hydrogens is 424 g/mol. The van der Waals surface area contributed by atoms with E-state index in [9.17, 15) is 9.59 Å². The van der Waals surface area contributed by atoms with Gasteiger partial charge >= 0.3 is 0 Å². The maximum atomic E-state index is 12.8. The molecule has 2 N–H and O–H groups in total. The van der Waals surface area contributed by atoms with Crippen LogP contribution in [-0.4, -0.2) is 28.2 Å². The highest BCUT2D eigenvalue weighted by Crippen LogP contribution is 2.27. The van der Waals surface area contributed by atoms with Crippen LogP contribution in [0, 0.1) is 6.92 Å². The fraction of sp³-hybridized carbons (Fsp3) is 0.125.